The van der Waals surface area contributed by atoms with E-state index in [1.54, 1.807) is 0 Å². The zero-order valence-electron chi connectivity index (χ0n) is 13.3. The first-order valence-electron chi connectivity index (χ1n) is 7.11. The fourth-order valence-corrected chi connectivity index (χ4v) is 4.16. The molecule has 3 aromatic rings. The summed E-state index contributed by atoms with van der Waals surface area (Å²) in [6, 6.07) is 9.19. The maximum Gasteiger partial charge on any atom is 0.339 e. The molecule has 0 radical (unpaired) electrons. The van der Waals surface area contributed by atoms with Crippen molar-refractivity contribution >= 4 is 36.8 Å². The van der Waals surface area contributed by atoms with Gasteiger partial charge in [0.15, 0.2) is 21.3 Å². The Bertz CT molecular complexity index is 1230. The highest BCUT2D eigenvalue weighted by Crippen LogP contribution is 2.28. The van der Waals surface area contributed by atoms with Crippen LogP contribution in [0.15, 0.2) is 52.3 Å². The number of nitrogens with two attached hydrogens (primary N) is 1. The molecule has 0 saturated heterocycles. The summed E-state index contributed by atoms with van der Waals surface area (Å²) in [7, 11) is -8.06. The van der Waals surface area contributed by atoms with Crippen molar-refractivity contribution in [1.29, 1.82) is 0 Å². The van der Waals surface area contributed by atoms with Gasteiger partial charge in [0.25, 0.3) is 5.91 Å². The first-order valence-corrected chi connectivity index (χ1v) is 10.4. The number of hydrogen-bond acceptors (Lipinski definition) is 7. The summed E-state index contributed by atoms with van der Waals surface area (Å²) in [5.41, 5.74) is 5.50. The molecule has 1 amide bonds. The third-order valence-corrected chi connectivity index (χ3v) is 5.87. The second-order valence-corrected chi connectivity index (χ2v) is 8.93. The van der Waals surface area contributed by atoms with Gasteiger partial charge < -0.3 is 9.92 Å². The number of hydrogen-bond donors (Lipinski definition) is 2. The van der Waals surface area contributed by atoms with Crippen LogP contribution in [0.3, 0.4) is 0 Å². The minimum atomic E-state index is -4.37. The van der Waals surface area contributed by atoms with Gasteiger partial charge in [-0.25, -0.2) is 8.42 Å². The largest absolute Gasteiger partial charge is 0.378 e. The number of H-pyrrole nitrogens is 1. The molecule has 9 nitrogen and oxygen atoms in total. The van der Waals surface area contributed by atoms with Gasteiger partial charge in [-0.2, -0.15) is 13.5 Å². The van der Waals surface area contributed by atoms with E-state index in [-0.39, 0.29) is 26.6 Å². The summed E-state index contributed by atoms with van der Waals surface area (Å²) < 4.78 is 53.7. The Balaban J connectivity index is 2.09. The zero-order valence-corrected chi connectivity index (χ0v) is 15.0. The number of nitrogens with one attached hydrogen (secondary N) is 1. The lowest BCUT2D eigenvalue weighted by Crippen LogP contribution is -2.13. The van der Waals surface area contributed by atoms with Crippen molar-refractivity contribution in [3.8, 4) is 5.75 Å². The fourth-order valence-electron chi connectivity index (χ4n) is 2.33. The van der Waals surface area contributed by atoms with E-state index in [4.69, 9.17) is 9.92 Å². The van der Waals surface area contributed by atoms with Gasteiger partial charge in [0, 0.05) is 11.6 Å². The molecule has 0 unspecified atom stereocenters. The van der Waals surface area contributed by atoms with E-state index in [0.717, 1.165) is 6.26 Å². The average molecular weight is 395 g/mol. The Morgan fingerprint density at radius 3 is 2.46 bits per heavy atom. The number of carbonyl (C=O) groups excluding carboxylic acids is 1. The number of rotatable bonds is 5. The number of nitrogens with zero attached hydrogens (tertiary/aromatic N) is 1. The highest BCUT2D eigenvalue weighted by atomic mass is 32.2. The molecule has 3 rings (SSSR count). The monoisotopic (exact) mass is 395 g/mol. The SMILES string of the molecule is CS(=O)(=O)c1ccccc1OS(=O)(=O)c1ccc2[nH]nc(C(N)=O)c2c1. The standard InChI is InChI=1S/C15H13N3O6S2/c1-25(20,21)13-5-3-2-4-12(13)24-26(22,23)9-6-7-11-10(8-9)14(15(16)19)18-17-11/h2-8H,1H3,(H2,16,19)(H,17,18). The van der Waals surface area contributed by atoms with E-state index in [9.17, 15) is 21.6 Å². The molecule has 0 aliphatic rings. The van der Waals surface area contributed by atoms with Crippen LogP contribution in [0.4, 0.5) is 0 Å². The van der Waals surface area contributed by atoms with Crippen molar-refractivity contribution in [3.05, 3.63) is 48.2 Å². The molecule has 1 aromatic heterocycles. The highest BCUT2D eigenvalue weighted by Gasteiger charge is 2.23. The van der Waals surface area contributed by atoms with Crippen molar-refractivity contribution in [2.24, 2.45) is 5.73 Å². The molecular formula is C15H13N3O6S2. The van der Waals surface area contributed by atoms with E-state index in [0.29, 0.717) is 5.52 Å². The number of aromatic amines is 1. The number of amides is 1. The van der Waals surface area contributed by atoms with Gasteiger partial charge in [0.05, 0.1) is 5.52 Å². The molecule has 2 aromatic carbocycles. The minimum Gasteiger partial charge on any atom is -0.378 e. The van der Waals surface area contributed by atoms with Crippen molar-refractivity contribution in [3.63, 3.8) is 0 Å². The molecule has 11 heteroatoms. The molecule has 1 heterocycles. The van der Waals surface area contributed by atoms with Crippen LogP contribution in [0.25, 0.3) is 10.9 Å². The molecule has 0 fully saturated rings. The van der Waals surface area contributed by atoms with Gasteiger partial charge in [0.2, 0.25) is 0 Å². The summed E-state index contributed by atoms with van der Waals surface area (Å²) in [4.78, 5) is 10.8. The van der Waals surface area contributed by atoms with E-state index in [1.165, 1.54) is 42.5 Å². The van der Waals surface area contributed by atoms with Gasteiger partial charge in [-0.3, -0.25) is 9.89 Å². The summed E-state index contributed by atoms with van der Waals surface area (Å²) in [5.74, 6) is -1.15. The fraction of sp³-hybridized carbons (Fsp3) is 0.0667. The first-order chi connectivity index (χ1) is 12.1. The minimum absolute atomic E-state index is 0.117. The molecule has 0 aliphatic carbocycles. The Morgan fingerprint density at radius 1 is 1.12 bits per heavy atom. The topological polar surface area (TPSA) is 149 Å². The Hall–Kier alpha value is -2.92. The van der Waals surface area contributed by atoms with Crippen LogP contribution >= 0.6 is 0 Å². The Morgan fingerprint density at radius 2 is 1.81 bits per heavy atom. The van der Waals surface area contributed by atoms with Crippen molar-refractivity contribution in [2.75, 3.05) is 6.26 Å². The quantitative estimate of drug-likeness (QED) is 0.608. The Kier molecular flexibility index (Phi) is 4.20. The van der Waals surface area contributed by atoms with E-state index in [2.05, 4.69) is 10.2 Å². The number of primary amides is 1. The van der Waals surface area contributed by atoms with Gasteiger partial charge in [-0.15, -0.1) is 0 Å². The molecule has 26 heavy (non-hydrogen) atoms. The lowest BCUT2D eigenvalue weighted by Gasteiger charge is -2.10. The van der Waals surface area contributed by atoms with Crippen molar-refractivity contribution in [1.82, 2.24) is 10.2 Å². The molecule has 0 spiro atoms. The Labute approximate surface area is 148 Å². The smallest absolute Gasteiger partial charge is 0.339 e. The summed E-state index contributed by atoms with van der Waals surface area (Å²) >= 11 is 0. The van der Waals surface area contributed by atoms with E-state index >= 15 is 0 Å². The maximum absolute atomic E-state index is 12.6. The molecule has 0 aliphatic heterocycles. The average Bonchev–Trinajstić information content (AvgIpc) is 2.97. The summed E-state index contributed by atoms with van der Waals surface area (Å²) in [5, 5.41) is 6.50. The first kappa shape index (κ1) is 17.9. The molecule has 136 valence electrons. The third kappa shape index (κ3) is 3.26. The van der Waals surface area contributed by atoms with Gasteiger partial charge in [-0.1, -0.05) is 12.1 Å². The lowest BCUT2D eigenvalue weighted by molar-refractivity contribution is 0.0997. The highest BCUT2D eigenvalue weighted by molar-refractivity contribution is 7.91. The van der Waals surface area contributed by atoms with Crippen LogP contribution in [0, 0.1) is 0 Å². The van der Waals surface area contributed by atoms with E-state index in [1.807, 2.05) is 0 Å². The second-order valence-electron chi connectivity index (χ2n) is 5.40. The number of benzene rings is 2. The van der Waals surface area contributed by atoms with Crippen LogP contribution in [0.5, 0.6) is 5.75 Å². The molecule has 0 saturated carbocycles. The summed E-state index contributed by atoms with van der Waals surface area (Å²) in [6.07, 6.45) is 0.943. The molecule has 3 N–H and O–H groups in total. The van der Waals surface area contributed by atoms with Gasteiger partial charge in [-0.05, 0) is 30.3 Å². The predicted octanol–water partition coefficient (Wildman–Crippen LogP) is 0.833. The van der Waals surface area contributed by atoms with Gasteiger partial charge >= 0.3 is 10.1 Å². The maximum atomic E-state index is 12.6. The second kappa shape index (κ2) is 6.11. The van der Waals surface area contributed by atoms with Gasteiger partial charge in [0.1, 0.15) is 9.79 Å². The molecule has 0 bridgehead atoms. The lowest BCUT2D eigenvalue weighted by atomic mass is 10.2. The van der Waals surface area contributed by atoms with Crippen LogP contribution in [-0.4, -0.2) is 39.2 Å². The number of aromatic nitrogens is 2. The molecule has 0 atom stereocenters. The van der Waals surface area contributed by atoms with Crippen LogP contribution in [0.1, 0.15) is 10.5 Å². The van der Waals surface area contributed by atoms with Crippen LogP contribution in [0.2, 0.25) is 0 Å². The van der Waals surface area contributed by atoms with E-state index < -0.39 is 25.9 Å². The predicted molar refractivity (Wildman–Crippen MR) is 92.0 cm³/mol. The van der Waals surface area contributed by atoms with Crippen LogP contribution < -0.4 is 9.92 Å². The number of sulfone groups is 1. The number of para-hydroxylation sites is 1. The zero-order chi connectivity index (χ0) is 19.1. The third-order valence-electron chi connectivity index (χ3n) is 3.50. The van der Waals surface area contributed by atoms with Crippen molar-refractivity contribution in [2.45, 2.75) is 9.79 Å². The van der Waals surface area contributed by atoms with Crippen molar-refractivity contribution < 1.29 is 25.8 Å². The summed E-state index contributed by atoms with van der Waals surface area (Å²) in [6.45, 7) is 0. The normalized spacial score (nSPS) is 12.2. The molecular weight excluding hydrogens is 382 g/mol. The number of fused-ring (bicyclic) bond motifs is 1. The number of carbonyl (C=O) groups is 1. The van der Waals surface area contributed by atoms with Crippen LogP contribution in [-0.2, 0) is 20.0 Å².